The normalized spacial score (nSPS) is 9.71. The average molecular weight is 182 g/mol. The van der Waals surface area contributed by atoms with Crippen molar-refractivity contribution >= 4 is 0 Å². The molecule has 0 radical (unpaired) electrons. The van der Waals surface area contributed by atoms with Crippen LogP contribution in [0.15, 0.2) is 42.7 Å². The summed E-state index contributed by atoms with van der Waals surface area (Å²) in [6.45, 7) is 0. The Morgan fingerprint density at radius 1 is 1.14 bits per heavy atom. The van der Waals surface area contributed by atoms with Gasteiger partial charge in [0.25, 0.3) is 0 Å². The van der Waals surface area contributed by atoms with Crippen LogP contribution in [0.5, 0.6) is 0 Å². The Hall–Kier alpha value is -2.01. The fourth-order valence-electron chi connectivity index (χ4n) is 1.52. The molecule has 0 aliphatic heterocycles. The van der Waals surface area contributed by atoms with Crippen molar-refractivity contribution in [2.24, 2.45) is 7.05 Å². The SMILES string of the molecule is Cn1cc(C#N)c(-c2ccccc2)c1. The summed E-state index contributed by atoms with van der Waals surface area (Å²) in [5.41, 5.74) is 2.80. The number of nitriles is 1. The van der Waals surface area contributed by atoms with Gasteiger partial charge in [-0.15, -0.1) is 0 Å². The van der Waals surface area contributed by atoms with Gasteiger partial charge in [0, 0.05) is 25.0 Å². The molecule has 0 spiro atoms. The summed E-state index contributed by atoms with van der Waals surface area (Å²) in [7, 11) is 1.92. The van der Waals surface area contributed by atoms with Crippen LogP contribution in [0.4, 0.5) is 0 Å². The molecule has 0 unspecified atom stereocenters. The van der Waals surface area contributed by atoms with E-state index < -0.39 is 0 Å². The van der Waals surface area contributed by atoms with Crippen molar-refractivity contribution in [1.82, 2.24) is 4.57 Å². The zero-order valence-corrected chi connectivity index (χ0v) is 7.94. The zero-order valence-electron chi connectivity index (χ0n) is 7.94. The van der Waals surface area contributed by atoms with Gasteiger partial charge in [-0.2, -0.15) is 5.26 Å². The van der Waals surface area contributed by atoms with E-state index in [1.165, 1.54) is 0 Å². The van der Waals surface area contributed by atoms with Crippen molar-refractivity contribution in [2.45, 2.75) is 0 Å². The van der Waals surface area contributed by atoms with E-state index >= 15 is 0 Å². The molecule has 0 saturated carbocycles. The van der Waals surface area contributed by atoms with Gasteiger partial charge in [-0.25, -0.2) is 0 Å². The van der Waals surface area contributed by atoms with Crippen molar-refractivity contribution in [1.29, 1.82) is 5.26 Å². The lowest BCUT2D eigenvalue weighted by molar-refractivity contribution is 0.927. The third-order valence-electron chi connectivity index (χ3n) is 2.16. The number of hydrogen-bond acceptors (Lipinski definition) is 1. The molecule has 2 rings (SSSR count). The molecular formula is C12H10N2. The second-order valence-electron chi connectivity index (χ2n) is 3.23. The fraction of sp³-hybridized carbons (Fsp3) is 0.0833. The van der Waals surface area contributed by atoms with Gasteiger partial charge in [0.2, 0.25) is 0 Å². The lowest BCUT2D eigenvalue weighted by atomic mass is 10.1. The van der Waals surface area contributed by atoms with Gasteiger partial charge in [0.05, 0.1) is 5.56 Å². The van der Waals surface area contributed by atoms with Crippen LogP contribution < -0.4 is 0 Å². The molecule has 1 aromatic heterocycles. The van der Waals surface area contributed by atoms with Crippen LogP contribution >= 0.6 is 0 Å². The molecule has 2 nitrogen and oxygen atoms in total. The van der Waals surface area contributed by atoms with E-state index in [0.717, 1.165) is 16.7 Å². The Labute approximate surface area is 83.0 Å². The molecule has 68 valence electrons. The first-order valence-electron chi connectivity index (χ1n) is 4.43. The van der Waals surface area contributed by atoms with Crippen LogP contribution in [0, 0.1) is 11.3 Å². The van der Waals surface area contributed by atoms with Crippen LogP contribution in [-0.4, -0.2) is 4.57 Å². The smallest absolute Gasteiger partial charge is 0.101 e. The molecule has 0 amide bonds. The van der Waals surface area contributed by atoms with E-state index in [2.05, 4.69) is 6.07 Å². The average Bonchev–Trinajstić information content (AvgIpc) is 2.61. The number of aromatic nitrogens is 1. The zero-order chi connectivity index (χ0) is 9.97. The minimum absolute atomic E-state index is 0.721. The summed E-state index contributed by atoms with van der Waals surface area (Å²) >= 11 is 0. The third kappa shape index (κ3) is 1.40. The van der Waals surface area contributed by atoms with Crippen LogP contribution in [0.2, 0.25) is 0 Å². The maximum Gasteiger partial charge on any atom is 0.101 e. The molecule has 0 aliphatic rings. The van der Waals surface area contributed by atoms with Crippen molar-refractivity contribution < 1.29 is 0 Å². The number of hydrogen-bond donors (Lipinski definition) is 0. The minimum atomic E-state index is 0.721. The monoisotopic (exact) mass is 182 g/mol. The highest BCUT2D eigenvalue weighted by Crippen LogP contribution is 2.23. The summed E-state index contributed by atoms with van der Waals surface area (Å²) in [5, 5.41) is 8.93. The number of nitrogens with zero attached hydrogens (tertiary/aromatic N) is 2. The predicted octanol–water partition coefficient (Wildman–Crippen LogP) is 2.56. The van der Waals surface area contributed by atoms with Gasteiger partial charge >= 0.3 is 0 Å². The molecule has 2 heteroatoms. The summed E-state index contributed by atoms with van der Waals surface area (Å²) in [6.07, 6.45) is 3.80. The van der Waals surface area contributed by atoms with Crippen molar-refractivity contribution in [3.05, 3.63) is 48.3 Å². The Bertz CT molecular complexity index is 475. The number of aryl methyl sites for hydroxylation is 1. The first-order valence-corrected chi connectivity index (χ1v) is 4.43. The Morgan fingerprint density at radius 2 is 1.86 bits per heavy atom. The van der Waals surface area contributed by atoms with E-state index in [-0.39, 0.29) is 0 Å². The molecule has 1 aromatic carbocycles. The highest BCUT2D eigenvalue weighted by molar-refractivity contribution is 5.69. The first kappa shape index (κ1) is 8.58. The van der Waals surface area contributed by atoms with Crippen molar-refractivity contribution in [2.75, 3.05) is 0 Å². The van der Waals surface area contributed by atoms with Crippen LogP contribution in [0.3, 0.4) is 0 Å². The number of rotatable bonds is 1. The summed E-state index contributed by atoms with van der Waals surface area (Å²) in [5.74, 6) is 0. The topological polar surface area (TPSA) is 28.7 Å². The van der Waals surface area contributed by atoms with E-state index in [4.69, 9.17) is 5.26 Å². The Kier molecular flexibility index (Phi) is 2.08. The highest BCUT2D eigenvalue weighted by Gasteiger charge is 2.05. The first-order chi connectivity index (χ1) is 6.81. The van der Waals surface area contributed by atoms with E-state index in [0.29, 0.717) is 0 Å². The lowest BCUT2D eigenvalue weighted by Gasteiger charge is -1.96. The van der Waals surface area contributed by atoms with Crippen LogP contribution in [0.25, 0.3) is 11.1 Å². The third-order valence-corrected chi connectivity index (χ3v) is 2.16. The summed E-state index contributed by atoms with van der Waals surface area (Å²) in [4.78, 5) is 0. The van der Waals surface area contributed by atoms with Crippen molar-refractivity contribution in [3.8, 4) is 17.2 Å². The van der Waals surface area contributed by atoms with Gasteiger partial charge < -0.3 is 4.57 Å². The van der Waals surface area contributed by atoms with E-state index in [9.17, 15) is 0 Å². The van der Waals surface area contributed by atoms with Crippen LogP contribution in [0.1, 0.15) is 5.56 Å². The fourth-order valence-corrected chi connectivity index (χ4v) is 1.52. The molecular weight excluding hydrogens is 172 g/mol. The van der Waals surface area contributed by atoms with Gasteiger partial charge in [-0.05, 0) is 5.56 Å². The molecule has 14 heavy (non-hydrogen) atoms. The summed E-state index contributed by atoms with van der Waals surface area (Å²) < 4.78 is 1.90. The Balaban J connectivity index is 2.58. The summed E-state index contributed by atoms with van der Waals surface area (Å²) in [6, 6.07) is 12.1. The lowest BCUT2D eigenvalue weighted by Crippen LogP contribution is -1.78. The molecule has 0 N–H and O–H groups in total. The molecule has 0 aliphatic carbocycles. The quantitative estimate of drug-likeness (QED) is 0.666. The van der Waals surface area contributed by atoms with Gasteiger partial charge in [0.15, 0.2) is 0 Å². The standard InChI is InChI=1S/C12H10N2/c1-14-8-11(7-13)12(9-14)10-5-3-2-4-6-10/h2-6,8-9H,1H3. The van der Waals surface area contributed by atoms with Crippen molar-refractivity contribution in [3.63, 3.8) is 0 Å². The maximum atomic E-state index is 8.93. The number of benzene rings is 1. The van der Waals surface area contributed by atoms with Crippen LogP contribution in [-0.2, 0) is 7.05 Å². The molecule has 0 fully saturated rings. The van der Waals surface area contributed by atoms with E-state index in [1.54, 1.807) is 0 Å². The molecule has 0 saturated heterocycles. The van der Waals surface area contributed by atoms with Gasteiger partial charge in [0.1, 0.15) is 6.07 Å². The Morgan fingerprint density at radius 3 is 2.50 bits per heavy atom. The second-order valence-corrected chi connectivity index (χ2v) is 3.23. The van der Waals surface area contributed by atoms with Gasteiger partial charge in [-0.3, -0.25) is 0 Å². The largest absolute Gasteiger partial charge is 0.355 e. The molecule has 0 bridgehead atoms. The second kappa shape index (κ2) is 3.39. The molecule has 2 aromatic rings. The molecule has 0 atom stereocenters. The predicted molar refractivity (Wildman–Crippen MR) is 55.6 cm³/mol. The highest BCUT2D eigenvalue weighted by atomic mass is 14.9. The maximum absolute atomic E-state index is 8.93. The van der Waals surface area contributed by atoms with E-state index in [1.807, 2.05) is 54.3 Å². The minimum Gasteiger partial charge on any atom is -0.355 e. The molecule has 1 heterocycles. The van der Waals surface area contributed by atoms with Gasteiger partial charge in [-0.1, -0.05) is 30.3 Å².